The Labute approximate surface area is 147 Å². The number of carbonyl (C=O) groups excluding carboxylic acids is 1. The van der Waals surface area contributed by atoms with Crippen molar-refractivity contribution in [2.45, 2.75) is 45.8 Å². The van der Waals surface area contributed by atoms with Gasteiger partial charge in [-0.05, 0) is 25.3 Å². The van der Waals surface area contributed by atoms with E-state index >= 15 is 0 Å². The van der Waals surface area contributed by atoms with Crippen molar-refractivity contribution in [3.8, 4) is 10.6 Å². The number of rotatable bonds is 3. The molecule has 2 heterocycles. The van der Waals surface area contributed by atoms with Crippen molar-refractivity contribution < 1.29 is 9.53 Å². The lowest BCUT2D eigenvalue weighted by molar-refractivity contribution is -0.0587. The Hall–Kier alpha value is -1.72. The van der Waals surface area contributed by atoms with E-state index in [0.29, 0.717) is 24.7 Å². The minimum absolute atomic E-state index is 0.00157. The molecule has 0 spiro atoms. The van der Waals surface area contributed by atoms with Crippen LogP contribution in [0.5, 0.6) is 0 Å². The summed E-state index contributed by atoms with van der Waals surface area (Å²) in [6.07, 6.45) is 0.138. The first-order valence-electron chi connectivity index (χ1n) is 8.44. The second kappa shape index (κ2) is 7.03. The van der Waals surface area contributed by atoms with Gasteiger partial charge in [0.25, 0.3) is 5.91 Å². The summed E-state index contributed by atoms with van der Waals surface area (Å²) in [7, 11) is 0. The van der Waals surface area contributed by atoms with Crippen LogP contribution in [0.1, 0.15) is 49.7 Å². The van der Waals surface area contributed by atoms with E-state index in [1.165, 1.54) is 16.9 Å². The van der Waals surface area contributed by atoms with Crippen LogP contribution >= 0.6 is 11.3 Å². The summed E-state index contributed by atoms with van der Waals surface area (Å²) in [5.74, 6) is 0.510. The van der Waals surface area contributed by atoms with Crippen molar-refractivity contribution in [2.75, 3.05) is 13.1 Å². The summed E-state index contributed by atoms with van der Waals surface area (Å²) >= 11 is 1.52. The predicted octanol–water partition coefficient (Wildman–Crippen LogP) is 4.18. The minimum Gasteiger partial charge on any atom is -0.372 e. The number of thiazole rings is 1. The van der Waals surface area contributed by atoms with E-state index in [4.69, 9.17) is 4.74 Å². The highest BCUT2D eigenvalue weighted by Crippen LogP contribution is 2.26. The van der Waals surface area contributed by atoms with Gasteiger partial charge in [0.05, 0.1) is 12.2 Å². The van der Waals surface area contributed by atoms with Gasteiger partial charge >= 0.3 is 0 Å². The summed E-state index contributed by atoms with van der Waals surface area (Å²) < 4.78 is 5.70. The van der Waals surface area contributed by atoms with Crippen LogP contribution in [0.4, 0.5) is 0 Å². The first-order valence-corrected chi connectivity index (χ1v) is 9.32. The molecule has 3 rings (SSSR count). The molecule has 0 bridgehead atoms. The Morgan fingerprint density at radius 1 is 1.21 bits per heavy atom. The highest BCUT2D eigenvalue weighted by Gasteiger charge is 2.27. The fourth-order valence-electron chi connectivity index (χ4n) is 3.02. The zero-order chi connectivity index (χ0) is 17.3. The molecule has 2 aromatic rings. The van der Waals surface area contributed by atoms with Crippen LogP contribution in [-0.2, 0) is 4.74 Å². The van der Waals surface area contributed by atoms with E-state index in [-0.39, 0.29) is 18.1 Å². The number of carbonyl (C=O) groups is 1. The molecule has 1 aliphatic heterocycles. The lowest BCUT2D eigenvalue weighted by atomic mass is 10.0. The van der Waals surface area contributed by atoms with E-state index in [9.17, 15) is 4.79 Å². The van der Waals surface area contributed by atoms with E-state index < -0.39 is 0 Å². The highest BCUT2D eigenvalue weighted by molar-refractivity contribution is 7.13. The van der Waals surface area contributed by atoms with Crippen molar-refractivity contribution in [2.24, 2.45) is 0 Å². The topological polar surface area (TPSA) is 42.4 Å². The highest BCUT2D eigenvalue weighted by atomic mass is 32.1. The molecule has 0 unspecified atom stereocenters. The van der Waals surface area contributed by atoms with Crippen LogP contribution in [-0.4, -0.2) is 41.1 Å². The number of amides is 1. The van der Waals surface area contributed by atoms with E-state index in [1.54, 1.807) is 0 Å². The number of aromatic nitrogens is 1. The largest absolute Gasteiger partial charge is 0.372 e. The predicted molar refractivity (Wildman–Crippen MR) is 97.6 cm³/mol. The number of hydrogen-bond donors (Lipinski definition) is 0. The Morgan fingerprint density at radius 2 is 1.83 bits per heavy atom. The van der Waals surface area contributed by atoms with Gasteiger partial charge in [0.15, 0.2) is 0 Å². The van der Waals surface area contributed by atoms with Crippen molar-refractivity contribution in [3.63, 3.8) is 0 Å². The van der Waals surface area contributed by atoms with Gasteiger partial charge in [-0.2, -0.15) is 0 Å². The zero-order valence-corrected chi connectivity index (χ0v) is 15.5. The van der Waals surface area contributed by atoms with Crippen LogP contribution in [0.2, 0.25) is 0 Å². The van der Waals surface area contributed by atoms with Crippen LogP contribution in [0.25, 0.3) is 10.6 Å². The van der Waals surface area contributed by atoms with Gasteiger partial charge in [0.2, 0.25) is 0 Å². The lowest BCUT2D eigenvalue weighted by Gasteiger charge is -2.34. The molecule has 0 aliphatic carbocycles. The van der Waals surface area contributed by atoms with Gasteiger partial charge in [-0.1, -0.05) is 38.1 Å². The second-order valence-electron chi connectivity index (χ2n) is 6.78. The standard InChI is InChI=1S/C19H24N2O2S/c1-12(2)15-5-7-16(8-6-15)18-20-17(11-24-18)19(22)21-9-13(3)23-14(4)10-21/h5-8,11-14H,9-10H2,1-4H3/t13-,14-/m0/s1. The van der Waals surface area contributed by atoms with Crippen LogP contribution in [0, 0.1) is 0 Å². The Morgan fingerprint density at radius 3 is 2.42 bits per heavy atom. The second-order valence-corrected chi connectivity index (χ2v) is 7.64. The number of morpholine rings is 1. The summed E-state index contributed by atoms with van der Waals surface area (Å²) in [5.41, 5.74) is 2.90. The van der Waals surface area contributed by atoms with Gasteiger partial charge in [0.1, 0.15) is 10.7 Å². The quantitative estimate of drug-likeness (QED) is 0.839. The Balaban J connectivity index is 1.76. The third-order valence-electron chi connectivity index (χ3n) is 4.25. The van der Waals surface area contributed by atoms with E-state index in [1.807, 2.05) is 24.1 Å². The number of ether oxygens (including phenoxy) is 1. The maximum atomic E-state index is 12.7. The molecule has 1 aliphatic rings. The third-order valence-corrected chi connectivity index (χ3v) is 5.15. The van der Waals surface area contributed by atoms with Crippen LogP contribution in [0.15, 0.2) is 29.6 Å². The molecule has 1 fully saturated rings. The molecular formula is C19H24N2O2S. The average Bonchev–Trinajstić information content (AvgIpc) is 3.03. The lowest BCUT2D eigenvalue weighted by Crippen LogP contribution is -2.48. The first kappa shape index (κ1) is 17.1. The molecule has 0 saturated carbocycles. The zero-order valence-electron chi connectivity index (χ0n) is 14.7. The molecule has 1 aromatic heterocycles. The van der Waals surface area contributed by atoms with Gasteiger partial charge in [-0.3, -0.25) is 4.79 Å². The molecule has 1 saturated heterocycles. The monoisotopic (exact) mass is 344 g/mol. The maximum Gasteiger partial charge on any atom is 0.273 e. The molecule has 1 amide bonds. The number of hydrogen-bond acceptors (Lipinski definition) is 4. The van der Waals surface area contributed by atoms with Gasteiger partial charge in [-0.25, -0.2) is 4.98 Å². The van der Waals surface area contributed by atoms with Crippen molar-refractivity contribution in [1.82, 2.24) is 9.88 Å². The summed E-state index contributed by atoms with van der Waals surface area (Å²) in [6.45, 7) is 9.61. The minimum atomic E-state index is -0.00157. The molecule has 128 valence electrons. The SMILES string of the molecule is CC(C)c1ccc(-c2nc(C(=O)N3C[C@H](C)O[C@@H](C)C3)cs2)cc1. The van der Waals surface area contributed by atoms with Gasteiger partial charge in [-0.15, -0.1) is 11.3 Å². The molecule has 4 nitrogen and oxygen atoms in total. The van der Waals surface area contributed by atoms with Crippen LogP contribution < -0.4 is 0 Å². The third kappa shape index (κ3) is 3.68. The molecule has 5 heteroatoms. The molecule has 0 radical (unpaired) electrons. The van der Waals surface area contributed by atoms with Crippen molar-refractivity contribution in [3.05, 3.63) is 40.9 Å². The maximum absolute atomic E-state index is 12.7. The summed E-state index contributed by atoms with van der Waals surface area (Å²) in [4.78, 5) is 19.1. The first-order chi connectivity index (χ1) is 11.4. The molecule has 1 aromatic carbocycles. The van der Waals surface area contributed by atoms with E-state index in [2.05, 4.69) is 43.1 Å². The number of benzene rings is 1. The van der Waals surface area contributed by atoms with Crippen molar-refractivity contribution in [1.29, 1.82) is 0 Å². The smallest absolute Gasteiger partial charge is 0.273 e. The summed E-state index contributed by atoms with van der Waals surface area (Å²) in [5, 5.41) is 2.75. The van der Waals surface area contributed by atoms with Crippen molar-refractivity contribution >= 4 is 17.2 Å². The fourth-order valence-corrected chi connectivity index (χ4v) is 3.82. The average molecular weight is 344 g/mol. The van der Waals surface area contributed by atoms with Gasteiger partial charge in [0, 0.05) is 24.0 Å². The molecular weight excluding hydrogens is 320 g/mol. The fraction of sp³-hybridized carbons (Fsp3) is 0.474. The Bertz CT molecular complexity index is 698. The van der Waals surface area contributed by atoms with E-state index in [0.717, 1.165) is 10.6 Å². The molecule has 0 N–H and O–H groups in total. The normalized spacial score (nSPS) is 21.3. The van der Waals surface area contributed by atoms with Gasteiger partial charge < -0.3 is 9.64 Å². The molecule has 24 heavy (non-hydrogen) atoms. The Kier molecular flexibility index (Phi) is 5.01. The number of nitrogens with zero attached hydrogens (tertiary/aromatic N) is 2. The summed E-state index contributed by atoms with van der Waals surface area (Å²) in [6, 6.07) is 8.44. The van der Waals surface area contributed by atoms with Crippen LogP contribution in [0.3, 0.4) is 0 Å². The molecule has 2 atom stereocenters.